The van der Waals surface area contributed by atoms with Crippen LogP contribution >= 0.6 is 11.3 Å². The maximum atomic E-state index is 12.6. The van der Waals surface area contributed by atoms with Crippen LogP contribution in [0, 0.1) is 12.8 Å². The number of aromatic nitrogens is 1. The lowest BCUT2D eigenvalue weighted by Gasteiger charge is -2.33. The molecule has 0 radical (unpaired) electrons. The lowest BCUT2D eigenvalue weighted by atomic mass is 9.91. The largest absolute Gasteiger partial charge is 0.338 e. The summed E-state index contributed by atoms with van der Waals surface area (Å²) in [7, 11) is 0. The van der Waals surface area contributed by atoms with Crippen LogP contribution in [-0.2, 0) is 6.42 Å². The first-order chi connectivity index (χ1) is 9.52. The number of carbonyl (C=O) groups is 1. The molecule has 2 heterocycles. The molecular weight excluding hydrogens is 270 g/mol. The molecular formula is C15H25N3OS. The zero-order valence-electron chi connectivity index (χ0n) is 12.7. The highest BCUT2D eigenvalue weighted by Crippen LogP contribution is 2.25. The summed E-state index contributed by atoms with van der Waals surface area (Å²) in [5.41, 5.74) is 6.84. The first-order valence-electron chi connectivity index (χ1n) is 7.54. The predicted molar refractivity (Wildman–Crippen MR) is 83.1 cm³/mol. The van der Waals surface area contributed by atoms with Gasteiger partial charge in [0.25, 0.3) is 5.91 Å². The maximum absolute atomic E-state index is 12.6. The lowest BCUT2D eigenvalue weighted by molar-refractivity contribution is 0.0685. The van der Waals surface area contributed by atoms with Gasteiger partial charge in [-0.2, -0.15) is 0 Å². The second kappa shape index (κ2) is 6.68. The van der Waals surface area contributed by atoms with E-state index < -0.39 is 0 Å². The quantitative estimate of drug-likeness (QED) is 0.929. The van der Waals surface area contributed by atoms with E-state index in [4.69, 9.17) is 5.73 Å². The third-order valence-corrected chi connectivity index (χ3v) is 5.27. The molecule has 1 amide bonds. The van der Waals surface area contributed by atoms with Crippen molar-refractivity contribution in [3.05, 3.63) is 15.6 Å². The number of amides is 1. The minimum absolute atomic E-state index is 0.158. The summed E-state index contributed by atoms with van der Waals surface area (Å²) in [6.07, 6.45) is 4.07. The van der Waals surface area contributed by atoms with Crippen LogP contribution in [0.5, 0.6) is 0 Å². The van der Waals surface area contributed by atoms with E-state index in [0.29, 0.717) is 5.92 Å². The van der Waals surface area contributed by atoms with Gasteiger partial charge in [0.2, 0.25) is 0 Å². The van der Waals surface area contributed by atoms with Gasteiger partial charge in [-0.05, 0) is 45.4 Å². The lowest BCUT2D eigenvalue weighted by Crippen LogP contribution is -2.42. The van der Waals surface area contributed by atoms with E-state index in [1.54, 1.807) is 11.3 Å². The van der Waals surface area contributed by atoms with Crippen molar-refractivity contribution in [2.75, 3.05) is 13.1 Å². The van der Waals surface area contributed by atoms with Crippen LogP contribution in [0.1, 0.15) is 53.5 Å². The maximum Gasteiger partial charge on any atom is 0.265 e. The normalized spacial score (nSPS) is 18.3. The number of rotatable bonds is 4. The summed E-state index contributed by atoms with van der Waals surface area (Å²) >= 11 is 1.57. The Morgan fingerprint density at radius 2 is 2.15 bits per heavy atom. The van der Waals surface area contributed by atoms with Gasteiger partial charge in [-0.1, -0.05) is 6.92 Å². The van der Waals surface area contributed by atoms with E-state index in [-0.39, 0.29) is 11.9 Å². The van der Waals surface area contributed by atoms with Crippen LogP contribution < -0.4 is 5.73 Å². The molecule has 1 fully saturated rings. The Balaban J connectivity index is 2.01. The number of aryl methyl sites for hydroxylation is 2. The van der Waals surface area contributed by atoms with Crippen molar-refractivity contribution in [1.82, 2.24) is 9.88 Å². The minimum atomic E-state index is 0.158. The Morgan fingerprint density at radius 3 is 2.70 bits per heavy atom. The third-order valence-electron chi connectivity index (χ3n) is 4.07. The summed E-state index contributed by atoms with van der Waals surface area (Å²) in [4.78, 5) is 19.9. The highest BCUT2D eigenvalue weighted by molar-refractivity contribution is 7.13. The molecule has 0 aromatic carbocycles. The summed E-state index contributed by atoms with van der Waals surface area (Å²) in [6.45, 7) is 7.79. The Labute approximate surface area is 125 Å². The van der Waals surface area contributed by atoms with Crippen LogP contribution in [0.4, 0.5) is 0 Å². The Hall–Kier alpha value is -0.940. The number of carbonyl (C=O) groups excluding carboxylic acids is 1. The van der Waals surface area contributed by atoms with Crippen LogP contribution in [0.2, 0.25) is 0 Å². The molecule has 1 unspecified atom stereocenters. The van der Waals surface area contributed by atoms with E-state index in [1.165, 1.54) is 0 Å². The van der Waals surface area contributed by atoms with E-state index in [2.05, 4.69) is 18.8 Å². The smallest absolute Gasteiger partial charge is 0.265 e. The number of piperidine rings is 1. The second-order valence-corrected chi connectivity index (χ2v) is 6.84. The van der Waals surface area contributed by atoms with Gasteiger partial charge in [0, 0.05) is 19.1 Å². The average Bonchev–Trinajstić information content (AvgIpc) is 2.79. The summed E-state index contributed by atoms with van der Waals surface area (Å²) in [6, 6.07) is 0.230. The first-order valence-corrected chi connectivity index (χ1v) is 8.35. The van der Waals surface area contributed by atoms with Crippen molar-refractivity contribution in [3.63, 3.8) is 0 Å². The van der Waals surface area contributed by atoms with E-state index in [9.17, 15) is 4.79 Å². The van der Waals surface area contributed by atoms with Crippen molar-refractivity contribution < 1.29 is 4.79 Å². The molecule has 112 valence electrons. The van der Waals surface area contributed by atoms with Crippen LogP contribution in [0.15, 0.2) is 0 Å². The van der Waals surface area contributed by atoms with Gasteiger partial charge >= 0.3 is 0 Å². The van der Waals surface area contributed by atoms with E-state index in [0.717, 1.165) is 54.4 Å². The fourth-order valence-corrected chi connectivity index (χ4v) is 3.88. The average molecular weight is 295 g/mol. The molecule has 1 atom stereocenters. The van der Waals surface area contributed by atoms with Gasteiger partial charge in [-0.25, -0.2) is 4.98 Å². The van der Waals surface area contributed by atoms with Crippen molar-refractivity contribution in [2.45, 2.75) is 52.5 Å². The number of nitrogens with two attached hydrogens (primary N) is 1. The van der Waals surface area contributed by atoms with E-state index >= 15 is 0 Å². The molecule has 0 spiro atoms. The first kappa shape index (κ1) is 15.4. The van der Waals surface area contributed by atoms with Crippen molar-refractivity contribution in [3.8, 4) is 0 Å². The van der Waals surface area contributed by atoms with E-state index in [1.807, 2.05) is 11.8 Å². The molecule has 0 bridgehead atoms. The molecule has 1 saturated heterocycles. The number of hydrogen-bond acceptors (Lipinski definition) is 4. The molecule has 2 rings (SSSR count). The molecule has 1 aromatic rings. The standard InChI is InChI=1S/C15H25N3OS/c1-4-5-13-17-11(3)14(20-13)15(19)18-8-6-12(7-9-18)10(2)16/h10,12H,4-9,16H2,1-3H3. The van der Waals surface area contributed by atoms with Gasteiger partial charge in [0.15, 0.2) is 0 Å². The Kier molecular flexibility index (Phi) is 5.16. The minimum Gasteiger partial charge on any atom is -0.338 e. The van der Waals surface area contributed by atoms with Crippen LogP contribution in [0.3, 0.4) is 0 Å². The fourth-order valence-electron chi connectivity index (χ4n) is 2.74. The van der Waals surface area contributed by atoms with Gasteiger partial charge in [0.05, 0.1) is 10.7 Å². The molecule has 5 heteroatoms. The Morgan fingerprint density at radius 1 is 1.50 bits per heavy atom. The highest BCUT2D eigenvalue weighted by atomic mass is 32.1. The van der Waals surface area contributed by atoms with Crippen molar-refractivity contribution in [2.24, 2.45) is 11.7 Å². The molecule has 1 aliphatic heterocycles. The van der Waals surface area contributed by atoms with Gasteiger partial charge in [-0.3, -0.25) is 4.79 Å². The number of thiazole rings is 1. The van der Waals surface area contributed by atoms with Crippen LogP contribution in [-0.4, -0.2) is 34.9 Å². The van der Waals surface area contributed by atoms with Crippen molar-refractivity contribution in [1.29, 1.82) is 0 Å². The van der Waals surface area contributed by atoms with Crippen LogP contribution in [0.25, 0.3) is 0 Å². The third kappa shape index (κ3) is 3.38. The highest BCUT2D eigenvalue weighted by Gasteiger charge is 2.27. The molecule has 0 aliphatic carbocycles. The summed E-state index contributed by atoms with van der Waals surface area (Å²) in [5, 5.41) is 1.08. The van der Waals surface area contributed by atoms with Gasteiger partial charge in [-0.15, -0.1) is 11.3 Å². The van der Waals surface area contributed by atoms with Gasteiger partial charge in [0.1, 0.15) is 4.88 Å². The zero-order valence-corrected chi connectivity index (χ0v) is 13.5. The summed E-state index contributed by atoms with van der Waals surface area (Å²) < 4.78 is 0. The Bertz CT molecular complexity index is 462. The van der Waals surface area contributed by atoms with Gasteiger partial charge < -0.3 is 10.6 Å². The number of likely N-dealkylation sites (tertiary alicyclic amines) is 1. The molecule has 4 nitrogen and oxygen atoms in total. The monoisotopic (exact) mass is 295 g/mol. The zero-order chi connectivity index (χ0) is 14.7. The molecule has 2 N–H and O–H groups in total. The number of nitrogens with zero attached hydrogens (tertiary/aromatic N) is 2. The number of hydrogen-bond donors (Lipinski definition) is 1. The molecule has 0 saturated carbocycles. The fraction of sp³-hybridized carbons (Fsp3) is 0.733. The molecule has 1 aliphatic rings. The second-order valence-electron chi connectivity index (χ2n) is 5.76. The molecule has 1 aromatic heterocycles. The molecule has 20 heavy (non-hydrogen) atoms. The van der Waals surface area contributed by atoms with Crippen molar-refractivity contribution >= 4 is 17.2 Å². The predicted octanol–water partition coefficient (Wildman–Crippen LogP) is 2.60. The topological polar surface area (TPSA) is 59.2 Å². The summed E-state index contributed by atoms with van der Waals surface area (Å²) in [5.74, 6) is 0.711. The SMILES string of the molecule is CCCc1nc(C)c(C(=O)N2CCC(C(C)N)CC2)s1.